The van der Waals surface area contributed by atoms with Gasteiger partial charge in [-0.05, 0) is 24.1 Å². The van der Waals surface area contributed by atoms with Crippen LogP contribution in [0, 0.1) is 11.8 Å². The average molecular weight is 291 g/mol. The molecule has 1 aromatic rings. The number of hydrogen-bond donors (Lipinski definition) is 2. The molecule has 0 radical (unpaired) electrons. The van der Waals surface area contributed by atoms with Crippen molar-refractivity contribution in [2.75, 3.05) is 37.4 Å². The number of benzene rings is 1. The number of carboxylic acid groups (broad SMARTS) is 1. The van der Waals surface area contributed by atoms with Gasteiger partial charge in [0, 0.05) is 38.6 Å². The molecule has 0 aromatic heterocycles. The Bertz CT molecular complexity index is 545. The minimum absolute atomic E-state index is 0.0265. The van der Waals surface area contributed by atoms with E-state index in [1.807, 2.05) is 50.2 Å². The van der Waals surface area contributed by atoms with Gasteiger partial charge < -0.3 is 20.2 Å². The molecule has 1 fully saturated rings. The van der Waals surface area contributed by atoms with E-state index in [2.05, 4.69) is 5.32 Å². The largest absolute Gasteiger partial charge is 0.481 e. The zero-order valence-electron chi connectivity index (χ0n) is 12.5. The van der Waals surface area contributed by atoms with E-state index in [0.717, 1.165) is 5.69 Å². The summed E-state index contributed by atoms with van der Waals surface area (Å²) in [7, 11) is 3.86. The molecule has 1 aliphatic heterocycles. The van der Waals surface area contributed by atoms with Crippen LogP contribution >= 0.6 is 0 Å². The Morgan fingerprint density at radius 3 is 2.62 bits per heavy atom. The third kappa shape index (κ3) is 3.45. The highest BCUT2D eigenvalue weighted by atomic mass is 16.4. The van der Waals surface area contributed by atoms with E-state index >= 15 is 0 Å². The molecular formula is C15H21N3O3. The summed E-state index contributed by atoms with van der Waals surface area (Å²) in [5, 5.41) is 11.9. The van der Waals surface area contributed by atoms with E-state index in [4.69, 9.17) is 5.11 Å². The van der Waals surface area contributed by atoms with Gasteiger partial charge in [0.15, 0.2) is 0 Å². The Balaban J connectivity index is 2.02. The number of carboxylic acids is 1. The molecular weight excluding hydrogens is 270 g/mol. The van der Waals surface area contributed by atoms with Gasteiger partial charge in [-0.2, -0.15) is 0 Å². The molecule has 1 heterocycles. The molecule has 114 valence electrons. The molecule has 1 aromatic carbocycles. The fourth-order valence-electron chi connectivity index (χ4n) is 2.52. The van der Waals surface area contributed by atoms with Crippen LogP contribution in [0.3, 0.4) is 0 Å². The lowest BCUT2D eigenvalue weighted by molar-refractivity contribution is -0.142. The van der Waals surface area contributed by atoms with E-state index in [-0.39, 0.29) is 18.5 Å². The van der Waals surface area contributed by atoms with Gasteiger partial charge in [0.1, 0.15) is 0 Å². The van der Waals surface area contributed by atoms with Crippen molar-refractivity contribution in [3.05, 3.63) is 24.3 Å². The van der Waals surface area contributed by atoms with Crippen molar-refractivity contribution >= 4 is 23.4 Å². The molecule has 2 N–H and O–H groups in total. The second kappa shape index (κ2) is 6.03. The zero-order valence-corrected chi connectivity index (χ0v) is 12.5. The number of carbonyl (C=O) groups is 2. The lowest BCUT2D eigenvalue weighted by Crippen LogP contribution is -2.33. The summed E-state index contributed by atoms with van der Waals surface area (Å²) >= 11 is 0. The molecule has 6 nitrogen and oxygen atoms in total. The van der Waals surface area contributed by atoms with Crippen LogP contribution in [0.4, 0.5) is 16.2 Å². The molecule has 6 heteroatoms. The normalized spacial score (nSPS) is 21.2. The van der Waals surface area contributed by atoms with Gasteiger partial charge >= 0.3 is 12.0 Å². The molecule has 0 bridgehead atoms. The van der Waals surface area contributed by atoms with E-state index in [0.29, 0.717) is 12.2 Å². The summed E-state index contributed by atoms with van der Waals surface area (Å²) in [4.78, 5) is 26.8. The third-order valence-electron chi connectivity index (χ3n) is 3.83. The molecule has 0 spiro atoms. The number of nitrogens with one attached hydrogen (secondary N) is 1. The third-order valence-corrected chi connectivity index (χ3v) is 3.83. The SMILES string of the molecule is C[C@@H]1CN(C(=O)Nc2cccc(N(C)C)c2)C[C@H]1C(=O)O. The molecule has 0 saturated carbocycles. The van der Waals surface area contributed by atoms with Crippen LogP contribution in [-0.4, -0.2) is 49.2 Å². The zero-order chi connectivity index (χ0) is 15.6. The maximum absolute atomic E-state index is 12.2. The predicted molar refractivity (Wildman–Crippen MR) is 81.7 cm³/mol. The van der Waals surface area contributed by atoms with Gasteiger partial charge in [-0.15, -0.1) is 0 Å². The van der Waals surface area contributed by atoms with Gasteiger partial charge in [-0.1, -0.05) is 13.0 Å². The molecule has 1 saturated heterocycles. The first-order chi connectivity index (χ1) is 9.88. The second-order valence-corrected chi connectivity index (χ2v) is 5.70. The highest BCUT2D eigenvalue weighted by molar-refractivity contribution is 5.90. The van der Waals surface area contributed by atoms with Crippen molar-refractivity contribution in [1.29, 1.82) is 0 Å². The Morgan fingerprint density at radius 2 is 2.05 bits per heavy atom. The standard InChI is InChI=1S/C15H21N3O3/c1-10-8-18(9-13(10)14(19)20)15(21)16-11-5-4-6-12(7-11)17(2)3/h4-7,10,13H,8-9H2,1-3H3,(H,16,21)(H,19,20)/t10-,13-/m1/s1. The van der Waals surface area contributed by atoms with Crippen LogP contribution in [0.2, 0.25) is 0 Å². The molecule has 0 unspecified atom stereocenters. The number of urea groups is 1. The summed E-state index contributed by atoms with van der Waals surface area (Å²) < 4.78 is 0. The van der Waals surface area contributed by atoms with E-state index < -0.39 is 11.9 Å². The second-order valence-electron chi connectivity index (χ2n) is 5.70. The van der Waals surface area contributed by atoms with Crippen molar-refractivity contribution in [2.24, 2.45) is 11.8 Å². The van der Waals surface area contributed by atoms with Crippen molar-refractivity contribution in [2.45, 2.75) is 6.92 Å². The first-order valence-corrected chi connectivity index (χ1v) is 6.94. The first-order valence-electron chi connectivity index (χ1n) is 6.94. The minimum atomic E-state index is -0.840. The van der Waals surface area contributed by atoms with E-state index in [1.54, 1.807) is 4.90 Å². The smallest absolute Gasteiger partial charge is 0.321 e. The number of aliphatic carboxylic acids is 1. The van der Waals surface area contributed by atoms with Gasteiger partial charge in [0.05, 0.1) is 5.92 Å². The Hall–Kier alpha value is -2.24. The van der Waals surface area contributed by atoms with Gasteiger partial charge in [-0.3, -0.25) is 4.79 Å². The summed E-state index contributed by atoms with van der Waals surface area (Å²) in [6, 6.07) is 7.28. The molecule has 0 aliphatic carbocycles. The molecule has 2 amide bonds. The monoisotopic (exact) mass is 291 g/mol. The van der Waals surface area contributed by atoms with Crippen LogP contribution in [0.1, 0.15) is 6.92 Å². The van der Waals surface area contributed by atoms with E-state index in [1.165, 1.54) is 0 Å². The Kier molecular flexibility index (Phi) is 4.35. The van der Waals surface area contributed by atoms with Crippen molar-refractivity contribution in [3.8, 4) is 0 Å². The van der Waals surface area contributed by atoms with Crippen LogP contribution < -0.4 is 10.2 Å². The minimum Gasteiger partial charge on any atom is -0.481 e. The summed E-state index contributed by atoms with van der Waals surface area (Å²) in [6.07, 6.45) is 0. The first kappa shape index (κ1) is 15.2. The van der Waals surface area contributed by atoms with Gasteiger partial charge in [0.2, 0.25) is 0 Å². The number of carbonyl (C=O) groups excluding carboxylic acids is 1. The van der Waals surface area contributed by atoms with E-state index in [9.17, 15) is 9.59 Å². The molecule has 21 heavy (non-hydrogen) atoms. The number of nitrogens with zero attached hydrogens (tertiary/aromatic N) is 2. The fraction of sp³-hybridized carbons (Fsp3) is 0.467. The maximum Gasteiger partial charge on any atom is 0.321 e. The summed E-state index contributed by atoms with van der Waals surface area (Å²) in [5.41, 5.74) is 1.70. The average Bonchev–Trinajstić information content (AvgIpc) is 2.81. The number of hydrogen-bond acceptors (Lipinski definition) is 3. The van der Waals surface area contributed by atoms with Crippen LogP contribution in [0.25, 0.3) is 0 Å². The summed E-state index contributed by atoms with van der Waals surface area (Å²) in [6.45, 7) is 2.59. The van der Waals surface area contributed by atoms with Crippen molar-refractivity contribution in [1.82, 2.24) is 4.90 Å². The number of likely N-dealkylation sites (tertiary alicyclic amines) is 1. The predicted octanol–water partition coefficient (Wildman–Crippen LogP) is 1.94. The molecule has 2 rings (SSSR count). The molecule has 1 aliphatic rings. The van der Waals surface area contributed by atoms with Crippen LogP contribution in [0.15, 0.2) is 24.3 Å². The Morgan fingerprint density at radius 1 is 1.33 bits per heavy atom. The van der Waals surface area contributed by atoms with Gasteiger partial charge in [0.25, 0.3) is 0 Å². The number of amides is 2. The summed E-state index contributed by atoms with van der Waals surface area (Å²) in [5.74, 6) is -1.35. The van der Waals surface area contributed by atoms with Crippen LogP contribution in [0.5, 0.6) is 0 Å². The Labute approximate surface area is 124 Å². The number of rotatable bonds is 3. The topological polar surface area (TPSA) is 72.9 Å². The molecule has 2 atom stereocenters. The van der Waals surface area contributed by atoms with Crippen molar-refractivity contribution < 1.29 is 14.7 Å². The lowest BCUT2D eigenvalue weighted by Gasteiger charge is -2.18. The maximum atomic E-state index is 12.2. The van der Waals surface area contributed by atoms with Crippen molar-refractivity contribution in [3.63, 3.8) is 0 Å². The highest BCUT2D eigenvalue weighted by Gasteiger charge is 2.36. The van der Waals surface area contributed by atoms with Gasteiger partial charge in [-0.25, -0.2) is 4.79 Å². The highest BCUT2D eigenvalue weighted by Crippen LogP contribution is 2.24. The van der Waals surface area contributed by atoms with Crippen LogP contribution in [-0.2, 0) is 4.79 Å². The quantitative estimate of drug-likeness (QED) is 0.892. The number of anilines is 2. The lowest BCUT2D eigenvalue weighted by atomic mass is 9.99. The fourth-order valence-corrected chi connectivity index (χ4v) is 2.52.